The number of nitrogens with one attached hydrogen (secondary N) is 1. The first kappa shape index (κ1) is 18.7. The fraction of sp³-hybridized carbons (Fsp3) is 0.167. The number of hydrogen-bond donors (Lipinski definition) is 2. The van der Waals surface area contributed by atoms with E-state index in [1.807, 2.05) is 24.3 Å². The van der Waals surface area contributed by atoms with Gasteiger partial charge in [-0.3, -0.25) is 4.79 Å². The largest absolute Gasteiger partial charge is 0.497 e. The lowest BCUT2D eigenvalue weighted by Gasteiger charge is -2.11. The zero-order valence-electron chi connectivity index (χ0n) is 14.8. The molecule has 0 aliphatic carbocycles. The second kappa shape index (κ2) is 8.09. The number of nitrogens with zero attached hydrogens (tertiary/aromatic N) is 3. The Morgan fingerprint density at radius 1 is 1.22 bits per heavy atom. The number of methoxy groups -OCH3 is 2. The number of amides is 1. The summed E-state index contributed by atoms with van der Waals surface area (Å²) < 4.78 is 12.8. The summed E-state index contributed by atoms with van der Waals surface area (Å²) in [7, 11) is 3.06. The molecule has 3 N–H and O–H groups in total. The van der Waals surface area contributed by atoms with Crippen LogP contribution >= 0.6 is 15.9 Å². The number of aromatic nitrogens is 3. The second-order valence-corrected chi connectivity index (χ2v) is 6.55. The van der Waals surface area contributed by atoms with Crippen LogP contribution in [0.1, 0.15) is 16.1 Å². The van der Waals surface area contributed by atoms with E-state index in [4.69, 9.17) is 15.2 Å². The first-order valence-corrected chi connectivity index (χ1v) is 8.78. The highest BCUT2D eigenvalue weighted by Gasteiger charge is 2.19. The third kappa shape index (κ3) is 4.20. The number of ether oxygens (including phenoxy) is 2. The Hall–Kier alpha value is -3.07. The van der Waals surface area contributed by atoms with Crippen LogP contribution in [-0.4, -0.2) is 35.1 Å². The molecule has 0 saturated heterocycles. The molecule has 0 saturated carbocycles. The molecule has 1 amide bonds. The zero-order valence-corrected chi connectivity index (χ0v) is 16.4. The molecular formula is C18H18BrN5O3. The molecule has 1 aromatic heterocycles. The van der Waals surface area contributed by atoms with Gasteiger partial charge in [-0.25, -0.2) is 4.68 Å². The monoisotopic (exact) mass is 431 g/mol. The number of benzene rings is 2. The SMILES string of the molecule is COc1ccc(NC(=O)c2nnn(Cc3cccc(Br)c3)c2N)c(OC)c1. The van der Waals surface area contributed by atoms with Gasteiger partial charge in [-0.15, -0.1) is 5.10 Å². The van der Waals surface area contributed by atoms with E-state index in [1.54, 1.807) is 25.3 Å². The van der Waals surface area contributed by atoms with Crippen LogP contribution in [0.2, 0.25) is 0 Å². The maximum atomic E-state index is 12.6. The minimum absolute atomic E-state index is 0.0443. The van der Waals surface area contributed by atoms with Gasteiger partial charge in [0.15, 0.2) is 11.5 Å². The second-order valence-electron chi connectivity index (χ2n) is 5.63. The normalized spacial score (nSPS) is 10.5. The molecule has 9 heteroatoms. The molecule has 0 aliphatic rings. The van der Waals surface area contributed by atoms with Crippen molar-refractivity contribution in [3.63, 3.8) is 0 Å². The lowest BCUT2D eigenvalue weighted by molar-refractivity contribution is 0.102. The third-order valence-corrected chi connectivity index (χ3v) is 4.36. The van der Waals surface area contributed by atoms with E-state index >= 15 is 0 Å². The summed E-state index contributed by atoms with van der Waals surface area (Å²) in [6, 6.07) is 12.8. The first-order chi connectivity index (χ1) is 13.0. The van der Waals surface area contributed by atoms with Crippen LogP contribution in [0.4, 0.5) is 11.5 Å². The van der Waals surface area contributed by atoms with E-state index in [0.717, 1.165) is 10.0 Å². The Labute approximate surface area is 164 Å². The van der Waals surface area contributed by atoms with Gasteiger partial charge in [-0.1, -0.05) is 33.3 Å². The fourth-order valence-electron chi connectivity index (χ4n) is 2.49. The average Bonchev–Trinajstić information content (AvgIpc) is 3.02. The summed E-state index contributed by atoms with van der Waals surface area (Å²) >= 11 is 3.42. The minimum atomic E-state index is -0.476. The van der Waals surface area contributed by atoms with E-state index in [-0.39, 0.29) is 11.5 Å². The molecule has 0 fully saturated rings. The molecule has 8 nitrogen and oxygen atoms in total. The van der Waals surface area contributed by atoms with Crippen LogP contribution in [0, 0.1) is 0 Å². The highest BCUT2D eigenvalue weighted by Crippen LogP contribution is 2.29. The number of halogens is 1. The van der Waals surface area contributed by atoms with E-state index < -0.39 is 5.91 Å². The van der Waals surface area contributed by atoms with Gasteiger partial charge in [0, 0.05) is 10.5 Å². The highest BCUT2D eigenvalue weighted by molar-refractivity contribution is 9.10. The Bertz CT molecular complexity index is 973. The molecule has 0 spiro atoms. The molecule has 27 heavy (non-hydrogen) atoms. The van der Waals surface area contributed by atoms with Crippen molar-refractivity contribution in [1.82, 2.24) is 15.0 Å². The molecule has 3 aromatic rings. The van der Waals surface area contributed by atoms with E-state index in [2.05, 4.69) is 31.6 Å². The maximum absolute atomic E-state index is 12.6. The van der Waals surface area contributed by atoms with Crippen LogP contribution in [0.25, 0.3) is 0 Å². The topological polar surface area (TPSA) is 104 Å². The smallest absolute Gasteiger partial charge is 0.280 e. The summed E-state index contributed by atoms with van der Waals surface area (Å²) in [6.45, 7) is 0.400. The van der Waals surface area contributed by atoms with Crippen LogP contribution in [-0.2, 0) is 6.54 Å². The molecule has 0 aliphatic heterocycles. The molecule has 0 radical (unpaired) electrons. The van der Waals surface area contributed by atoms with Gasteiger partial charge in [0.1, 0.15) is 11.5 Å². The molecule has 140 valence electrons. The molecule has 1 heterocycles. The van der Waals surface area contributed by atoms with Gasteiger partial charge < -0.3 is 20.5 Å². The predicted molar refractivity (Wildman–Crippen MR) is 105 cm³/mol. The lowest BCUT2D eigenvalue weighted by atomic mass is 10.2. The zero-order chi connectivity index (χ0) is 19.4. The average molecular weight is 432 g/mol. The molecule has 2 aromatic carbocycles. The fourth-order valence-corrected chi connectivity index (χ4v) is 2.94. The highest BCUT2D eigenvalue weighted by atomic mass is 79.9. The number of hydrogen-bond acceptors (Lipinski definition) is 6. The number of rotatable bonds is 6. The van der Waals surface area contributed by atoms with Crippen molar-refractivity contribution < 1.29 is 14.3 Å². The number of carbonyl (C=O) groups excluding carboxylic acids is 1. The summed E-state index contributed by atoms with van der Waals surface area (Å²) in [5, 5.41) is 10.6. The van der Waals surface area contributed by atoms with Crippen molar-refractivity contribution in [2.45, 2.75) is 6.54 Å². The van der Waals surface area contributed by atoms with Crippen LogP contribution < -0.4 is 20.5 Å². The molecule has 3 rings (SSSR count). The number of nitrogen functional groups attached to an aromatic ring is 1. The molecule has 0 atom stereocenters. The van der Waals surface area contributed by atoms with Crippen LogP contribution in [0.3, 0.4) is 0 Å². The van der Waals surface area contributed by atoms with Crippen molar-refractivity contribution in [3.8, 4) is 11.5 Å². The van der Waals surface area contributed by atoms with Gasteiger partial charge in [0.25, 0.3) is 5.91 Å². The standard InChI is InChI=1S/C18H18BrN5O3/c1-26-13-6-7-14(15(9-13)27-2)21-18(25)16-17(20)24(23-22-16)10-11-4-3-5-12(19)8-11/h3-9H,10,20H2,1-2H3,(H,21,25). The van der Waals surface area contributed by atoms with Crippen LogP contribution in [0.15, 0.2) is 46.9 Å². The van der Waals surface area contributed by atoms with Gasteiger partial charge in [0.05, 0.1) is 26.5 Å². The van der Waals surface area contributed by atoms with Gasteiger partial charge in [0.2, 0.25) is 0 Å². The number of nitrogens with two attached hydrogens (primary N) is 1. The van der Waals surface area contributed by atoms with E-state index in [9.17, 15) is 4.79 Å². The van der Waals surface area contributed by atoms with Gasteiger partial charge >= 0.3 is 0 Å². The lowest BCUT2D eigenvalue weighted by Crippen LogP contribution is -2.16. The summed E-state index contributed by atoms with van der Waals surface area (Å²) in [5.74, 6) is 0.781. The third-order valence-electron chi connectivity index (χ3n) is 3.87. The minimum Gasteiger partial charge on any atom is -0.497 e. The van der Waals surface area contributed by atoms with E-state index in [0.29, 0.717) is 23.7 Å². The van der Waals surface area contributed by atoms with Gasteiger partial charge in [-0.05, 0) is 29.8 Å². The first-order valence-electron chi connectivity index (χ1n) is 7.98. The summed E-state index contributed by atoms with van der Waals surface area (Å²) in [6.07, 6.45) is 0. The molecule has 0 unspecified atom stereocenters. The number of carbonyl (C=O) groups is 1. The Morgan fingerprint density at radius 3 is 2.74 bits per heavy atom. The Balaban J connectivity index is 1.79. The predicted octanol–water partition coefficient (Wildman–Crippen LogP) is 2.94. The van der Waals surface area contributed by atoms with Crippen molar-refractivity contribution in [2.75, 3.05) is 25.3 Å². The van der Waals surface area contributed by atoms with Crippen molar-refractivity contribution in [3.05, 3.63) is 58.2 Å². The van der Waals surface area contributed by atoms with Crippen molar-refractivity contribution in [2.24, 2.45) is 0 Å². The Morgan fingerprint density at radius 2 is 2.04 bits per heavy atom. The maximum Gasteiger partial charge on any atom is 0.280 e. The van der Waals surface area contributed by atoms with Crippen molar-refractivity contribution >= 4 is 33.3 Å². The molecular weight excluding hydrogens is 414 g/mol. The summed E-state index contributed by atoms with van der Waals surface area (Å²) in [5.41, 5.74) is 7.57. The Kier molecular flexibility index (Phi) is 5.60. The summed E-state index contributed by atoms with van der Waals surface area (Å²) in [4.78, 5) is 12.6. The van der Waals surface area contributed by atoms with E-state index in [1.165, 1.54) is 11.8 Å². The number of anilines is 2. The van der Waals surface area contributed by atoms with Crippen LogP contribution in [0.5, 0.6) is 11.5 Å². The van der Waals surface area contributed by atoms with Gasteiger partial charge in [-0.2, -0.15) is 0 Å². The molecule has 0 bridgehead atoms. The van der Waals surface area contributed by atoms with Crippen molar-refractivity contribution in [1.29, 1.82) is 0 Å². The quantitative estimate of drug-likeness (QED) is 0.621.